The van der Waals surface area contributed by atoms with E-state index in [0.29, 0.717) is 13.0 Å². The van der Waals surface area contributed by atoms with Gasteiger partial charge in [0.05, 0.1) is 6.61 Å². The van der Waals surface area contributed by atoms with Crippen molar-refractivity contribution in [1.29, 1.82) is 0 Å². The zero-order chi connectivity index (χ0) is 10.4. The minimum absolute atomic E-state index is 0.131. The molecule has 4 nitrogen and oxygen atoms in total. The third kappa shape index (κ3) is 3.74. The van der Waals surface area contributed by atoms with Gasteiger partial charge in [0.1, 0.15) is 6.04 Å². The third-order valence-electron chi connectivity index (χ3n) is 2.27. The minimum atomic E-state index is -0.770. The van der Waals surface area contributed by atoms with Gasteiger partial charge in [0.15, 0.2) is 0 Å². The van der Waals surface area contributed by atoms with Gasteiger partial charge in [-0.25, -0.2) is 0 Å². The predicted octanol–water partition coefficient (Wildman–Crippen LogP) is 0.816. The summed E-state index contributed by atoms with van der Waals surface area (Å²) in [5.74, 6) is -0.770. The van der Waals surface area contributed by atoms with Crippen LogP contribution in [0.15, 0.2) is 0 Å². The fourth-order valence-electron chi connectivity index (χ4n) is 1.30. The number of rotatable bonds is 6. The van der Waals surface area contributed by atoms with Crippen LogP contribution in [0.2, 0.25) is 0 Å². The SMILES string of the molecule is CCC(C(=O)O)N(C)C(C)COC. The highest BCUT2D eigenvalue weighted by Gasteiger charge is 2.23. The van der Waals surface area contributed by atoms with E-state index in [4.69, 9.17) is 9.84 Å². The summed E-state index contributed by atoms with van der Waals surface area (Å²) in [4.78, 5) is 12.6. The molecule has 0 aromatic rings. The van der Waals surface area contributed by atoms with E-state index in [0.717, 1.165) is 0 Å². The molecule has 78 valence electrons. The molecule has 0 spiro atoms. The van der Waals surface area contributed by atoms with E-state index in [-0.39, 0.29) is 6.04 Å². The predicted molar refractivity (Wildman–Crippen MR) is 50.8 cm³/mol. The third-order valence-corrected chi connectivity index (χ3v) is 2.27. The first kappa shape index (κ1) is 12.4. The number of hydrogen-bond donors (Lipinski definition) is 1. The van der Waals surface area contributed by atoms with Crippen molar-refractivity contribution in [3.05, 3.63) is 0 Å². The second-order valence-corrected chi connectivity index (χ2v) is 3.23. The lowest BCUT2D eigenvalue weighted by atomic mass is 10.1. The molecule has 0 saturated carbocycles. The molecule has 0 rings (SSSR count). The van der Waals surface area contributed by atoms with E-state index in [1.807, 2.05) is 25.8 Å². The summed E-state index contributed by atoms with van der Waals surface area (Å²) in [6.07, 6.45) is 0.611. The minimum Gasteiger partial charge on any atom is -0.480 e. The van der Waals surface area contributed by atoms with E-state index < -0.39 is 12.0 Å². The summed E-state index contributed by atoms with van der Waals surface area (Å²) in [5.41, 5.74) is 0. The Labute approximate surface area is 79.5 Å². The van der Waals surface area contributed by atoms with Crippen molar-refractivity contribution in [2.75, 3.05) is 20.8 Å². The van der Waals surface area contributed by atoms with Crippen LogP contribution in [0.25, 0.3) is 0 Å². The maximum atomic E-state index is 10.8. The zero-order valence-electron chi connectivity index (χ0n) is 8.78. The van der Waals surface area contributed by atoms with Crippen LogP contribution in [0.5, 0.6) is 0 Å². The number of carboxylic acids is 1. The number of carbonyl (C=O) groups is 1. The highest BCUT2D eigenvalue weighted by atomic mass is 16.5. The molecule has 0 aliphatic carbocycles. The summed E-state index contributed by atoms with van der Waals surface area (Å²) in [5, 5.41) is 8.88. The summed E-state index contributed by atoms with van der Waals surface area (Å²) in [7, 11) is 3.43. The van der Waals surface area contributed by atoms with Crippen LogP contribution in [0.1, 0.15) is 20.3 Å². The number of carboxylic acid groups (broad SMARTS) is 1. The van der Waals surface area contributed by atoms with Gasteiger partial charge < -0.3 is 9.84 Å². The van der Waals surface area contributed by atoms with Crippen LogP contribution < -0.4 is 0 Å². The Morgan fingerprint density at radius 3 is 2.46 bits per heavy atom. The molecule has 4 heteroatoms. The number of ether oxygens (including phenoxy) is 1. The molecule has 0 fully saturated rings. The van der Waals surface area contributed by atoms with Gasteiger partial charge in [0.2, 0.25) is 0 Å². The first-order valence-corrected chi connectivity index (χ1v) is 4.48. The molecule has 0 aromatic heterocycles. The summed E-state index contributed by atoms with van der Waals surface area (Å²) in [6, 6.07) is -0.281. The van der Waals surface area contributed by atoms with E-state index in [1.165, 1.54) is 0 Å². The fourth-order valence-corrected chi connectivity index (χ4v) is 1.30. The monoisotopic (exact) mass is 189 g/mol. The lowest BCUT2D eigenvalue weighted by molar-refractivity contribution is -0.144. The second-order valence-electron chi connectivity index (χ2n) is 3.23. The normalized spacial score (nSPS) is 15.8. The van der Waals surface area contributed by atoms with E-state index in [9.17, 15) is 4.79 Å². The molecule has 0 aromatic carbocycles. The molecule has 13 heavy (non-hydrogen) atoms. The smallest absolute Gasteiger partial charge is 0.320 e. The average Bonchev–Trinajstić information content (AvgIpc) is 2.05. The van der Waals surface area contributed by atoms with Gasteiger partial charge >= 0.3 is 5.97 Å². The Kier molecular flexibility index (Phi) is 5.66. The Morgan fingerprint density at radius 2 is 2.15 bits per heavy atom. The maximum Gasteiger partial charge on any atom is 0.320 e. The van der Waals surface area contributed by atoms with Crippen molar-refractivity contribution in [2.45, 2.75) is 32.4 Å². The molecule has 0 heterocycles. The molecule has 0 amide bonds. The lowest BCUT2D eigenvalue weighted by Crippen LogP contribution is -2.44. The number of likely N-dealkylation sites (N-methyl/N-ethyl adjacent to an activating group) is 1. The van der Waals surface area contributed by atoms with E-state index in [2.05, 4.69) is 0 Å². The van der Waals surface area contributed by atoms with E-state index in [1.54, 1.807) is 7.11 Å². The molecule has 0 radical (unpaired) electrons. The van der Waals surface area contributed by atoms with Crippen LogP contribution in [-0.4, -0.2) is 48.8 Å². The molecular formula is C9H19NO3. The summed E-state index contributed by atoms with van der Waals surface area (Å²) < 4.78 is 4.96. The largest absolute Gasteiger partial charge is 0.480 e. The summed E-state index contributed by atoms with van der Waals surface area (Å²) >= 11 is 0. The first-order valence-electron chi connectivity index (χ1n) is 4.48. The van der Waals surface area contributed by atoms with Gasteiger partial charge in [-0.2, -0.15) is 0 Å². The fraction of sp³-hybridized carbons (Fsp3) is 0.889. The van der Waals surface area contributed by atoms with Crippen molar-refractivity contribution < 1.29 is 14.6 Å². The molecular weight excluding hydrogens is 170 g/mol. The van der Waals surface area contributed by atoms with Gasteiger partial charge in [-0.3, -0.25) is 9.69 Å². The quantitative estimate of drug-likeness (QED) is 0.672. The van der Waals surface area contributed by atoms with Gasteiger partial charge in [-0.1, -0.05) is 6.92 Å². The standard InChI is InChI=1S/C9H19NO3/c1-5-8(9(11)12)10(3)7(2)6-13-4/h7-8H,5-6H2,1-4H3,(H,11,12). The van der Waals surface area contributed by atoms with Crippen molar-refractivity contribution >= 4 is 5.97 Å². The molecule has 0 aliphatic rings. The second kappa shape index (κ2) is 5.94. The maximum absolute atomic E-state index is 10.8. The van der Waals surface area contributed by atoms with Crippen molar-refractivity contribution in [2.24, 2.45) is 0 Å². The molecule has 0 aliphatic heterocycles. The van der Waals surface area contributed by atoms with Crippen molar-refractivity contribution in [1.82, 2.24) is 4.90 Å². The van der Waals surface area contributed by atoms with Crippen molar-refractivity contribution in [3.8, 4) is 0 Å². The zero-order valence-corrected chi connectivity index (χ0v) is 8.78. The number of nitrogens with zero attached hydrogens (tertiary/aromatic N) is 1. The Balaban J connectivity index is 4.18. The van der Waals surface area contributed by atoms with Crippen LogP contribution in [-0.2, 0) is 9.53 Å². The Bertz CT molecular complexity index is 161. The highest BCUT2D eigenvalue weighted by molar-refractivity contribution is 5.73. The number of aliphatic carboxylic acids is 1. The van der Waals surface area contributed by atoms with Gasteiger partial charge in [0, 0.05) is 13.2 Å². The topological polar surface area (TPSA) is 49.8 Å². The molecule has 2 atom stereocenters. The lowest BCUT2D eigenvalue weighted by Gasteiger charge is -2.29. The highest BCUT2D eigenvalue weighted by Crippen LogP contribution is 2.06. The average molecular weight is 189 g/mol. The molecule has 2 unspecified atom stereocenters. The van der Waals surface area contributed by atoms with Crippen LogP contribution >= 0.6 is 0 Å². The van der Waals surface area contributed by atoms with Crippen LogP contribution in [0.4, 0.5) is 0 Å². The van der Waals surface area contributed by atoms with Gasteiger partial charge in [-0.05, 0) is 20.4 Å². The number of hydrogen-bond acceptors (Lipinski definition) is 3. The number of methoxy groups -OCH3 is 1. The Morgan fingerprint density at radius 1 is 1.62 bits per heavy atom. The van der Waals surface area contributed by atoms with Gasteiger partial charge in [0.25, 0.3) is 0 Å². The Hall–Kier alpha value is -0.610. The van der Waals surface area contributed by atoms with E-state index >= 15 is 0 Å². The molecule has 0 saturated heterocycles. The van der Waals surface area contributed by atoms with Crippen LogP contribution in [0.3, 0.4) is 0 Å². The molecule has 0 bridgehead atoms. The van der Waals surface area contributed by atoms with Crippen LogP contribution in [0, 0.1) is 0 Å². The van der Waals surface area contributed by atoms with Gasteiger partial charge in [-0.15, -0.1) is 0 Å². The first-order chi connectivity index (χ1) is 6.04. The molecule has 1 N–H and O–H groups in total. The van der Waals surface area contributed by atoms with Crippen molar-refractivity contribution in [3.63, 3.8) is 0 Å². The summed E-state index contributed by atoms with van der Waals surface area (Å²) in [6.45, 7) is 4.38.